The Kier molecular flexibility index (Phi) is 4.05. The van der Waals surface area contributed by atoms with Crippen LogP contribution in [0.3, 0.4) is 0 Å². The van der Waals surface area contributed by atoms with Gasteiger partial charge in [-0.3, -0.25) is 0 Å². The number of ether oxygens (including phenoxy) is 1. The summed E-state index contributed by atoms with van der Waals surface area (Å²) in [5.41, 5.74) is 4.21. The molecule has 3 rings (SSSR count). The van der Waals surface area contributed by atoms with Crippen LogP contribution in [0.15, 0.2) is 6.33 Å². The Morgan fingerprint density at radius 2 is 2.24 bits per heavy atom. The molecule has 21 heavy (non-hydrogen) atoms. The Balaban J connectivity index is 1.92. The molecule has 0 radical (unpaired) electrons. The Morgan fingerprint density at radius 1 is 1.38 bits per heavy atom. The fourth-order valence-corrected chi connectivity index (χ4v) is 2.98. The molecule has 0 amide bonds. The highest BCUT2D eigenvalue weighted by Crippen LogP contribution is 2.29. The maximum atomic E-state index is 5.95. The van der Waals surface area contributed by atoms with Gasteiger partial charge in [-0.1, -0.05) is 6.92 Å². The molecule has 0 aliphatic carbocycles. The number of hydrogen-bond donors (Lipinski definition) is 0. The lowest BCUT2D eigenvalue weighted by Gasteiger charge is -2.35. The first kappa shape index (κ1) is 14.3. The fraction of sp³-hybridized carbons (Fsp3) is 0.667. The molecule has 2 aromatic rings. The molecule has 1 aliphatic heterocycles. The van der Waals surface area contributed by atoms with E-state index in [1.165, 1.54) is 5.56 Å². The van der Waals surface area contributed by atoms with Crippen molar-refractivity contribution in [2.75, 3.05) is 24.6 Å². The molecule has 1 unspecified atom stereocenters. The molecular weight excluding hydrogens is 266 g/mol. The van der Waals surface area contributed by atoms with E-state index in [4.69, 9.17) is 4.74 Å². The van der Waals surface area contributed by atoms with Crippen LogP contribution in [0, 0.1) is 13.8 Å². The first-order valence-corrected chi connectivity index (χ1v) is 7.74. The highest BCUT2D eigenvalue weighted by molar-refractivity contribution is 5.72. The van der Waals surface area contributed by atoms with Gasteiger partial charge in [0.1, 0.15) is 6.33 Å². The summed E-state index contributed by atoms with van der Waals surface area (Å²) in [6.45, 7) is 9.10. The summed E-state index contributed by atoms with van der Waals surface area (Å²) in [7, 11) is 0. The van der Waals surface area contributed by atoms with Crippen LogP contribution in [0.25, 0.3) is 5.65 Å². The molecule has 114 valence electrons. The Morgan fingerprint density at radius 3 is 3.05 bits per heavy atom. The molecule has 0 N–H and O–H groups in total. The zero-order chi connectivity index (χ0) is 14.8. The molecule has 1 atom stereocenters. The quantitative estimate of drug-likeness (QED) is 0.863. The number of anilines is 1. The molecule has 1 aliphatic rings. The smallest absolute Gasteiger partial charge is 0.201 e. The van der Waals surface area contributed by atoms with Gasteiger partial charge in [0, 0.05) is 19.7 Å². The molecule has 3 heterocycles. The average molecular weight is 289 g/mol. The van der Waals surface area contributed by atoms with Crippen molar-refractivity contribution in [1.82, 2.24) is 19.8 Å². The normalized spacial score (nSPS) is 19.4. The van der Waals surface area contributed by atoms with E-state index in [1.807, 2.05) is 6.92 Å². The van der Waals surface area contributed by atoms with Gasteiger partial charge in [0.05, 0.1) is 17.5 Å². The Bertz CT molecular complexity index is 624. The van der Waals surface area contributed by atoms with Crippen molar-refractivity contribution in [3.05, 3.63) is 17.6 Å². The van der Waals surface area contributed by atoms with Crippen LogP contribution in [0.2, 0.25) is 0 Å². The summed E-state index contributed by atoms with van der Waals surface area (Å²) in [6.07, 6.45) is 5.34. The average Bonchev–Trinajstić information content (AvgIpc) is 2.94. The number of nitrogens with zero attached hydrogens (tertiary/aromatic N) is 5. The van der Waals surface area contributed by atoms with Crippen LogP contribution in [0.4, 0.5) is 5.69 Å². The number of hydrogen-bond acceptors (Lipinski definition) is 5. The molecule has 1 saturated heterocycles. The van der Waals surface area contributed by atoms with Gasteiger partial charge in [0.25, 0.3) is 0 Å². The number of rotatable bonds is 4. The fourth-order valence-electron chi connectivity index (χ4n) is 2.98. The highest BCUT2D eigenvalue weighted by Gasteiger charge is 2.25. The third-order valence-corrected chi connectivity index (χ3v) is 4.15. The van der Waals surface area contributed by atoms with Crippen LogP contribution < -0.4 is 4.90 Å². The van der Waals surface area contributed by atoms with Crippen molar-refractivity contribution >= 4 is 11.3 Å². The predicted octanol–water partition coefficient (Wildman–Crippen LogP) is 2.14. The van der Waals surface area contributed by atoms with Gasteiger partial charge in [-0.2, -0.15) is 9.61 Å². The minimum Gasteiger partial charge on any atom is -0.376 e. The summed E-state index contributed by atoms with van der Waals surface area (Å²) in [4.78, 5) is 2.39. The van der Waals surface area contributed by atoms with E-state index < -0.39 is 0 Å². The molecule has 0 saturated carbocycles. The lowest BCUT2D eigenvalue weighted by Crippen LogP contribution is -2.40. The predicted molar refractivity (Wildman–Crippen MR) is 81.7 cm³/mol. The van der Waals surface area contributed by atoms with Crippen LogP contribution in [0.1, 0.15) is 37.4 Å². The van der Waals surface area contributed by atoms with E-state index in [2.05, 4.69) is 34.0 Å². The minimum absolute atomic E-state index is 0.314. The molecule has 6 heteroatoms. The molecule has 0 spiro atoms. The summed E-state index contributed by atoms with van der Waals surface area (Å²) in [5.74, 6) is 0. The standard InChI is InChI=1S/C15H23N5O/c1-4-8-21-13-6-5-7-19(9-13)14-11(2)12(3)18-20-10-16-17-15(14)20/h10,13H,4-9H2,1-3H3. The zero-order valence-electron chi connectivity index (χ0n) is 13.0. The van der Waals surface area contributed by atoms with Gasteiger partial charge in [-0.05, 0) is 38.7 Å². The third-order valence-electron chi connectivity index (χ3n) is 4.15. The topological polar surface area (TPSA) is 55.5 Å². The van der Waals surface area contributed by atoms with Gasteiger partial charge in [-0.25, -0.2) is 0 Å². The monoisotopic (exact) mass is 289 g/mol. The van der Waals surface area contributed by atoms with Gasteiger partial charge < -0.3 is 9.64 Å². The summed E-state index contributed by atoms with van der Waals surface area (Å²) in [6, 6.07) is 0. The van der Waals surface area contributed by atoms with E-state index in [1.54, 1.807) is 10.8 Å². The van der Waals surface area contributed by atoms with Gasteiger partial charge in [-0.15, -0.1) is 10.2 Å². The third kappa shape index (κ3) is 2.72. The van der Waals surface area contributed by atoms with Crippen molar-refractivity contribution in [3.63, 3.8) is 0 Å². The number of piperidine rings is 1. The first-order chi connectivity index (χ1) is 10.2. The molecule has 6 nitrogen and oxygen atoms in total. The van der Waals surface area contributed by atoms with Crippen LogP contribution in [-0.2, 0) is 4.74 Å². The SMILES string of the molecule is CCCOC1CCCN(c2c(C)c(C)nn3cnnc23)C1. The lowest BCUT2D eigenvalue weighted by atomic mass is 10.1. The largest absolute Gasteiger partial charge is 0.376 e. The second kappa shape index (κ2) is 5.97. The molecule has 2 aromatic heterocycles. The van der Waals surface area contributed by atoms with Crippen molar-refractivity contribution < 1.29 is 4.74 Å². The van der Waals surface area contributed by atoms with Crippen LogP contribution >= 0.6 is 0 Å². The number of aromatic nitrogens is 4. The van der Waals surface area contributed by atoms with Gasteiger partial charge in [0.15, 0.2) is 0 Å². The maximum Gasteiger partial charge on any atom is 0.201 e. The number of aryl methyl sites for hydroxylation is 1. The van der Waals surface area contributed by atoms with Gasteiger partial charge in [0.2, 0.25) is 5.65 Å². The van der Waals surface area contributed by atoms with E-state index >= 15 is 0 Å². The lowest BCUT2D eigenvalue weighted by molar-refractivity contribution is 0.0440. The van der Waals surface area contributed by atoms with Crippen molar-refractivity contribution in [2.45, 2.75) is 46.1 Å². The number of fused-ring (bicyclic) bond motifs is 1. The van der Waals surface area contributed by atoms with E-state index in [9.17, 15) is 0 Å². The first-order valence-electron chi connectivity index (χ1n) is 7.74. The van der Waals surface area contributed by atoms with E-state index in [-0.39, 0.29) is 0 Å². The van der Waals surface area contributed by atoms with E-state index in [0.29, 0.717) is 6.10 Å². The van der Waals surface area contributed by atoms with Crippen molar-refractivity contribution in [2.24, 2.45) is 0 Å². The Labute approximate surface area is 125 Å². The second-order valence-corrected chi connectivity index (χ2v) is 5.74. The van der Waals surface area contributed by atoms with E-state index in [0.717, 1.165) is 56.0 Å². The summed E-state index contributed by atoms with van der Waals surface area (Å²) >= 11 is 0. The second-order valence-electron chi connectivity index (χ2n) is 5.74. The highest BCUT2D eigenvalue weighted by atomic mass is 16.5. The Hall–Kier alpha value is -1.69. The maximum absolute atomic E-state index is 5.95. The molecule has 0 bridgehead atoms. The summed E-state index contributed by atoms with van der Waals surface area (Å²) < 4.78 is 7.72. The minimum atomic E-state index is 0.314. The van der Waals surface area contributed by atoms with Crippen LogP contribution in [-0.4, -0.2) is 45.6 Å². The van der Waals surface area contributed by atoms with Gasteiger partial charge >= 0.3 is 0 Å². The van der Waals surface area contributed by atoms with Crippen molar-refractivity contribution in [3.8, 4) is 0 Å². The van der Waals surface area contributed by atoms with Crippen molar-refractivity contribution in [1.29, 1.82) is 0 Å². The zero-order valence-corrected chi connectivity index (χ0v) is 13.0. The summed E-state index contributed by atoms with van der Waals surface area (Å²) in [5, 5.41) is 12.7. The molecular formula is C15H23N5O. The van der Waals surface area contributed by atoms with Crippen LogP contribution in [0.5, 0.6) is 0 Å². The molecule has 0 aromatic carbocycles. The molecule has 1 fully saturated rings.